The molecule has 4 N–H and O–H groups in total. The average Bonchev–Trinajstić information content (AvgIpc) is 3.31. The zero-order valence-electron chi connectivity index (χ0n) is 12.9. The number of rotatable bonds is 3. The molecule has 1 fully saturated rings. The van der Waals surface area contributed by atoms with E-state index in [-0.39, 0.29) is 11.9 Å². The fourth-order valence-corrected chi connectivity index (χ4v) is 2.87. The molecule has 1 amide bonds. The van der Waals surface area contributed by atoms with E-state index in [1.54, 1.807) is 6.20 Å². The van der Waals surface area contributed by atoms with E-state index in [2.05, 4.69) is 15.2 Å². The van der Waals surface area contributed by atoms with Crippen molar-refractivity contribution in [2.45, 2.75) is 18.8 Å². The molecule has 0 unspecified atom stereocenters. The number of hydrogen-bond donors (Lipinski definition) is 3. The predicted molar refractivity (Wildman–Crippen MR) is 91.0 cm³/mol. The lowest BCUT2D eigenvalue weighted by molar-refractivity contribution is 0.100. The second-order valence-electron chi connectivity index (χ2n) is 5.85. The van der Waals surface area contributed by atoms with Gasteiger partial charge in [0.05, 0.1) is 17.5 Å². The summed E-state index contributed by atoms with van der Waals surface area (Å²) in [5, 5.41) is 16.5. The molecular weight excluding hydrogens is 304 g/mol. The first-order valence-corrected chi connectivity index (χ1v) is 7.72. The van der Waals surface area contributed by atoms with Crippen molar-refractivity contribution in [1.82, 2.24) is 15.2 Å². The summed E-state index contributed by atoms with van der Waals surface area (Å²) in [5.74, 6) is -0.0666. The number of aromatic nitrogens is 3. The maximum Gasteiger partial charge on any atom is 0.269 e. The lowest BCUT2D eigenvalue weighted by Gasteiger charge is -2.21. The molecule has 0 radical (unpaired) electrons. The van der Waals surface area contributed by atoms with Gasteiger partial charge in [0.2, 0.25) is 5.96 Å². The third kappa shape index (κ3) is 2.30. The van der Waals surface area contributed by atoms with Crippen molar-refractivity contribution in [3.8, 4) is 0 Å². The summed E-state index contributed by atoms with van der Waals surface area (Å²) in [6, 6.07) is 9.42. The van der Waals surface area contributed by atoms with Gasteiger partial charge in [0, 0.05) is 17.5 Å². The number of carbonyl (C=O) groups excluding carboxylic acids is 1. The molecule has 4 rings (SSSR count). The topological polar surface area (TPSA) is 112 Å². The maximum atomic E-state index is 13.0. The fourth-order valence-electron chi connectivity index (χ4n) is 2.87. The number of pyridine rings is 1. The van der Waals surface area contributed by atoms with Gasteiger partial charge in [-0.1, -0.05) is 24.3 Å². The zero-order chi connectivity index (χ0) is 16.7. The summed E-state index contributed by atoms with van der Waals surface area (Å²) >= 11 is 0. The van der Waals surface area contributed by atoms with Crippen molar-refractivity contribution in [3.05, 3.63) is 54.0 Å². The maximum absolute atomic E-state index is 13.0. The molecule has 3 aromatic rings. The summed E-state index contributed by atoms with van der Waals surface area (Å²) < 4.78 is 0. The van der Waals surface area contributed by atoms with Crippen LogP contribution >= 0.6 is 0 Å². The van der Waals surface area contributed by atoms with Crippen LogP contribution in [0.25, 0.3) is 10.8 Å². The van der Waals surface area contributed by atoms with E-state index in [0.717, 1.165) is 34.2 Å². The number of benzene rings is 1. The van der Waals surface area contributed by atoms with Gasteiger partial charge in [-0.25, -0.2) is 9.88 Å². The molecule has 2 heterocycles. The van der Waals surface area contributed by atoms with Gasteiger partial charge < -0.3 is 5.73 Å². The Morgan fingerprint density at radius 2 is 2.08 bits per heavy atom. The molecular formula is C17H16N6O. The number of aromatic amines is 1. The number of nitrogens with one attached hydrogen (secondary N) is 2. The van der Waals surface area contributed by atoms with Crippen molar-refractivity contribution >= 4 is 28.5 Å². The molecule has 120 valence electrons. The first-order valence-electron chi connectivity index (χ1n) is 7.72. The van der Waals surface area contributed by atoms with E-state index in [4.69, 9.17) is 11.1 Å². The van der Waals surface area contributed by atoms with E-state index in [1.807, 2.05) is 30.3 Å². The standard InChI is InChI=1S/C17H16N6O/c18-17(19)23(15-12-4-2-1-3-10(12)7-8-20-15)16(24)13-9-21-22-14(13)11-5-6-11/h1-4,7-9,11H,5-6H2,(H3,18,19)(H,21,22). The third-order valence-electron chi connectivity index (χ3n) is 4.19. The van der Waals surface area contributed by atoms with E-state index in [1.165, 1.54) is 6.20 Å². The van der Waals surface area contributed by atoms with Crippen LogP contribution in [0.15, 0.2) is 42.7 Å². The van der Waals surface area contributed by atoms with Crippen molar-refractivity contribution < 1.29 is 4.79 Å². The molecule has 1 aliphatic carbocycles. The monoisotopic (exact) mass is 320 g/mol. The molecule has 0 saturated heterocycles. The third-order valence-corrected chi connectivity index (χ3v) is 4.19. The van der Waals surface area contributed by atoms with Crippen LogP contribution in [0.1, 0.15) is 34.8 Å². The van der Waals surface area contributed by atoms with Crippen molar-refractivity contribution in [1.29, 1.82) is 5.41 Å². The molecule has 0 bridgehead atoms. The van der Waals surface area contributed by atoms with Crippen LogP contribution in [0.5, 0.6) is 0 Å². The normalized spacial score (nSPS) is 13.8. The number of carbonyl (C=O) groups is 1. The highest BCUT2D eigenvalue weighted by atomic mass is 16.2. The smallest absolute Gasteiger partial charge is 0.269 e. The number of fused-ring (bicyclic) bond motifs is 1. The number of hydrogen-bond acceptors (Lipinski definition) is 4. The summed E-state index contributed by atoms with van der Waals surface area (Å²) in [6.45, 7) is 0. The second-order valence-corrected chi connectivity index (χ2v) is 5.85. The van der Waals surface area contributed by atoms with Gasteiger partial charge in [-0.15, -0.1) is 0 Å². The minimum atomic E-state index is -0.387. The first kappa shape index (κ1) is 14.4. The zero-order valence-corrected chi connectivity index (χ0v) is 12.9. The lowest BCUT2D eigenvalue weighted by atomic mass is 10.1. The van der Waals surface area contributed by atoms with Crippen LogP contribution in [0, 0.1) is 5.41 Å². The molecule has 24 heavy (non-hydrogen) atoms. The number of nitrogens with zero attached hydrogens (tertiary/aromatic N) is 3. The minimum absolute atomic E-state index is 0.334. The summed E-state index contributed by atoms with van der Waals surface area (Å²) in [4.78, 5) is 18.5. The average molecular weight is 320 g/mol. The van der Waals surface area contributed by atoms with Gasteiger partial charge in [0.1, 0.15) is 5.82 Å². The largest absolute Gasteiger partial charge is 0.369 e. The molecule has 0 atom stereocenters. The number of nitrogens with two attached hydrogens (primary N) is 1. The van der Waals surface area contributed by atoms with Crippen molar-refractivity contribution in [2.75, 3.05) is 4.90 Å². The highest BCUT2D eigenvalue weighted by Gasteiger charge is 2.33. The predicted octanol–water partition coefficient (Wildman–Crippen LogP) is 2.38. The molecule has 0 spiro atoms. The van der Waals surface area contributed by atoms with Gasteiger partial charge in [-0.05, 0) is 24.3 Å². The Morgan fingerprint density at radius 3 is 2.83 bits per heavy atom. The summed E-state index contributed by atoms with van der Waals surface area (Å²) in [7, 11) is 0. The Hall–Kier alpha value is -3.22. The highest BCUT2D eigenvalue weighted by Crippen LogP contribution is 2.41. The number of amides is 1. The molecule has 7 heteroatoms. The van der Waals surface area contributed by atoms with Gasteiger partial charge in [0.15, 0.2) is 0 Å². The second kappa shape index (κ2) is 5.45. The molecule has 2 aromatic heterocycles. The SMILES string of the molecule is N=C(N)N(C(=O)c1cn[nH]c1C1CC1)c1nccc2ccccc12. The van der Waals surface area contributed by atoms with E-state index in [0.29, 0.717) is 17.3 Å². The summed E-state index contributed by atoms with van der Waals surface area (Å²) in [5.41, 5.74) is 6.98. The summed E-state index contributed by atoms with van der Waals surface area (Å²) in [6.07, 6.45) is 5.18. The molecule has 0 aliphatic heterocycles. The van der Waals surface area contributed by atoms with Crippen LogP contribution in [0.2, 0.25) is 0 Å². The van der Waals surface area contributed by atoms with E-state index in [9.17, 15) is 4.79 Å². The minimum Gasteiger partial charge on any atom is -0.369 e. The van der Waals surface area contributed by atoms with Gasteiger partial charge in [0.25, 0.3) is 5.91 Å². The van der Waals surface area contributed by atoms with Crippen LogP contribution in [-0.4, -0.2) is 27.0 Å². The fraction of sp³-hybridized carbons (Fsp3) is 0.176. The van der Waals surface area contributed by atoms with Gasteiger partial charge in [-0.3, -0.25) is 15.3 Å². The van der Waals surface area contributed by atoms with E-state index < -0.39 is 0 Å². The molecule has 1 aliphatic rings. The highest BCUT2D eigenvalue weighted by molar-refractivity contribution is 6.23. The quantitative estimate of drug-likeness (QED) is 0.508. The number of anilines is 1. The van der Waals surface area contributed by atoms with Gasteiger partial charge >= 0.3 is 0 Å². The molecule has 1 aromatic carbocycles. The van der Waals surface area contributed by atoms with Crippen LogP contribution in [0.4, 0.5) is 5.82 Å². The van der Waals surface area contributed by atoms with Crippen LogP contribution in [-0.2, 0) is 0 Å². The Bertz CT molecular complexity index is 938. The van der Waals surface area contributed by atoms with Crippen LogP contribution in [0.3, 0.4) is 0 Å². The molecule has 1 saturated carbocycles. The Balaban J connectivity index is 1.83. The lowest BCUT2D eigenvalue weighted by Crippen LogP contribution is -2.42. The molecule has 7 nitrogen and oxygen atoms in total. The van der Waals surface area contributed by atoms with Crippen molar-refractivity contribution in [2.24, 2.45) is 5.73 Å². The van der Waals surface area contributed by atoms with Gasteiger partial charge in [-0.2, -0.15) is 5.10 Å². The number of H-pyrrole nitrogens is 1. The van der Waals surface area contributed by atoms with Crippen LogP contribution < -0.4 is 10.6 Å². The number of guanidine groups is 1. The van der Waals surface area contributed by atoms with E-state index >= 15 is 0 Å². The van der Waals surface area contributed by atoms with Crippen molar-refractivity contribution in [3.63, 3.8) is 0 Å². The Kier molecular flexibility index (Phi) is 3.26. The first-order chi connectivity index (χ1) is 11.7. The Labute approximate surface area is 138 Å². The Morgan fingerprint density at radius 1 is 1.29 bits per heavy atom.